The summed E-state index contributed by atoms with van der Waals surface area (Å²) in [5.41, 5.74) is 2.49. The zero-order valence-electron chi connectivity index (χ0n) is 8.33. The van der Waals surface area contributed by atoms with Crippen molar-refractivity contribution < 1.29 is 14.3 Å². The Balaban J connectivity index is 3.25. The Kier molecular flexibility index (Phi) is 4.15. The van der Waals surface area contributed by atoms with E-state index in [1.807, 2.05) is 0 Å². The van der Waals surface area contributed by atoms with Gasteiger partial charge in [-0.2, -0.15) is 0 Å². The van der Waals surface area contributed by atoms with Crippen molar-refractivity contribution in [3.8, 4) is 11.5 Å². The molecule has 1 aromatic carbocycles. The second-order valence-corrected chi connectivity index (χ2v) is 3.83. The summed E-state index contributed by atoms with van der Waals surface area (Å²) in [6.07, 6.45) is 0. The highest BCUT2D eigenvalue weighted by molar-refractivity contribution is 14.1. The van der Waals surface area contributed by atoms with Gasteiger partial charge in [0.2, 0.25) is 0 Å². The van der Waals surface area contributed by atoms with E-state index in [1.165, 1.54) is 7.11 Å². The van der Waals surface area contributed by atoms with Crippen LogP contribution in [0, 0.1) is 3.57 Å². The number of amides is 1. The zero-order valence-corrected chi connectivity index (χ0v) is 10.5. The van der Waals surface area contributed by atoms with Crippen molar-refractivity contribution >= 4 is 28.5 Å². The third kappa shape index (κ3) is 2.51. The number of rotatable bonds is 3. The van der Waals surface area contributed by atoms with Crippen molar-refractivity contribution in [3.05, 3.63) is 21.3 Å². The fourth-order valence-corrected chi connectivity index (χ4v) is 1.95. The van der Waals surface area contributed by atoms with Crippen molar-refractivity contribution in [2.24, 2.45) is 5.84 Å². The minimum atomic E-state index is -0.367. The van der Waals surface area contributed by atoms with Crippen LogP contribution in [0.25, 0.3) is 0 Å². The Morgan fingerprint density at radius 3 is 2.53 bits per heavy atom. The first-order valence-electron chi connectivity index (χ1n) is 4.06. The van der Waals surface area contributed by atoms with Crippen molar-refractivity contribution in [3.63, 3.8) is 0 Å². The molecule has 0 spiro atoms. The molecular formula is C9H11IN2O3. The van der Waals surface area contributed by atoms with Crippen LogP contribution in [0.1, 0.15) is 10.4 Å². The van der Waals surface area contributed by atoms with E-state index < -0.39 is 0 Å². The fourth-order valence-electron chi connectivity index (χ4n) is 1.13. The molecule has 0 atom stereocenters. The number of methoxy groups -OCH3 is 2. The smallest absolute Gasteiger partial charge is 0.265 e. The normalized spacial score (nSPS) is 9.60. The van der Waals surface area contributed by atoms with Crippen LogP contribution in [0.4, 0.5) is 0 Å². The number of benzene rings is 1. The number of carbonyl (C=O) groups is 1. The Hall–Kier alpha value is -1.02. The Morgan fingerprint density at radius 1 is 1.40 bits per heavy atom. The highest BCUT2D eigenvalue weighted by Crippen LogP contribution is 2.33. The van der Waals surface area contributed by atoms with E-state index in [4.69, 9.17) is 15.3 Å². The number of nitrogens with two attached hydrogens (primary N) is 1. The minimum absolute atomic E-state index is 0.367. The summed E-state index contributed by atoms with van der Waals surface area (Å²) < 4.78 is 11.0. The summed E-state index contributed by atoms with van der Waals surface area (Å²) in [6, 6.07) is 3.24. The number of ether oxygens (including phenoxy) is 2. The Labute approximate surface area is 101 Å². The van der Waals surface area contributed by atoms with Gasteiger partial charge in [-0.05, 0) is 34.7 Å². The average Bonchev–Trinajstić information content (AvgIpc) is 2.26. The van der Waals surface area contributed by atoms with Gasteiger partial charge in [0.25, 0.3) is 5.91 Å². The molecule has 0 saturated carbocycles. The molecule has 0 aliphatic rings. The third-order valence-electron chi connectivity index (χ3n) is 1.83. The molecule has 15 heavy (non-hydrogen) atoms. The predicted octanol–water partition coefficient (Wildman–Crippen LogP) is 0.912. The predicted molar refractivity (Wildman–Crippen MR) is 63.9 cm³/mol. The fraction of sp³-hybridized carbons (Fsp3) is 0.222. The monoisotopic (exact) mass is 322 g/mol. The Morgan fingerprint density at radius 2 is 2.07 bits per heavy atom. The van der Waals surface area contributed by atoms with E-state index >= 15 is 0 Å². The topological polar surface area (TPSA) is 73.6 Å². The first-order valence-corrected chi connectivity index (χ1v) is 5.14. The van der Waals surface area contributed by atoms with E-state index in [0.29, 0.717) is 17.1 Å². The number of hydrogen-bond acceptors (Lipinski definition) is 4. The van der Waals surface area contributed by atoms with Crippen LogP contribution >= 0.6 is 22.6 Å². The van der Waals surface area contributed by atoms with Gasteiger partial charge < -0.3 is 9.47 Å². The lowest BCUT2D eigenvalue weighted by molar-refractivity contribution is 0.0953. The Bertz CT molecular complexity index is 382. The molecular weight excluding hydrogens is 311 g/mol. The van der Waals surface area contributed by atoms with Gasteiger partial charge in [-0.25, -0.2) is 5.84 Å². The van der Waals surface area contributed by atoms with Gasteiger partial charge in [0.1, 0.15) is 0 Å². The van der Waals surface area contributed by atoms with Gasteiger partial charge >= 0.3 is 0 Å². The van der Waals surface area contributed by atoms with Crippen molar-refractivity contribution in [2.75, 3.05) is 14.2 Å². The van der Waals surface area contributed by atoms with Gasteiger partial charge in [-0.3, -0.25) is 10.2 Å². The molecule has 82 valence electrons. The molecule has 0 aliphatic heterocycles. The summed E-state index contributed by atoms with van der Waals surface area (Å²) in [6.45, 7) is 0. The third-order valence-corrected chi connectivity index (χ3v) is 2.63. The zero-order chi connectivity index (χ0) is 11.4. The largest absolute Gasteiger partial charge is 0.493 e. The van der Waals surface area contributed by atoms with Gasteiger partial charge in [-0.15, -0.1) is 0 Å². The van der Waals surface area contributed by atoms with Crippen LogP contribution in [0.5, 0.6) is 11.5 Å². The second kappa shape index (κ2) is 5.17. The van der Waals surface area contributed by atoms with Crippen LogP contribution in [-0.4, -0.2) is 20.1 Å². The summed E-state index contributed by atoms with van der Waals surface area (Å²) in [4.78, 5) is 11.3. The number of nitrogens with one attached hydrogen (secondary N) is 1. The van der Waals surface area contributed by atoms with E-state index in [0.717, 1.165) is 3.57 Å². The maximum absolute atomic E-state index is 11.3. The van der Waals surface area contributed by atoms with Crippen molar-refractivity contribution in [2.45, 2.75) is 0 Å². The second-order valence-electron chi connectivity index (χ2n) is 2.67. The molecule has 3 N–H and O–H groups in total. The van der Waals surface area contributed by atoms with Crippen LogP contribution in [0.3, 0.4) is 0 Å². The van der Waals surface area contributed by atoms with E-state index in [9.17, 15) is 4.79 Å². The summed E-state index contributed by atoms with van der Waals surface area (Å²) >= 11 is 2.06. The molecule has 0 saturated heterocycles. The first kappa shape index (κ1) is 12.1. The molecule has 0 fully saturated rings. The van der Waals surface area contributed by atoms with E-state index in [1.54, 1.807) is 19.2 Å². The highest BCUT2D eigenvalue weighted by atomic mass is 127. The van der Waals surface area contributed by atoms with Gasteiger partial charge in [0.15, 0.2) is 11.5 Å². The molecule has 6 heteroatoms. The molecule has 1 rings (SSSR count). The number of hydrogen-bond donors (Lipinski definition) is 2. The van der Waals surface area contributed by atoms with Crippen LogP contribution < -0.4 is 20.7 Å². The summed E-state index contributed by atoms with van der Waals surface area (Å²) in [5.74, 6) is 5.78. The lowest BCUT2D eigenvalue weighted by atomic mass is 10.2. The summed E-state index contributed by atoms with van der Waals surface area (Å²) in [5, 5.41) is 0. The number of carbonyl (C=O) groups excluding carboxylic acids is 1. The molecule has 0 heterocycles. The SMILES string of the molecule is COc1cc(C(=O)NN)cc(I)c1OC. The minimum Gasteiger partial charge on any atom is -0.493 e. The molecule has 0 unspecified atom stereocenters. The number of hydrazine groups is 1. The number of nitrogen functional groups attached to an aromatic ring is 1. The quantitative estimate of drug-likeness (QED) is 0.376. The average molecular weight is 322 g/mol. The van der Waals surface area contributed by atoms with Crippen molar-refractivity contribution in [1.82, 2.24) is 5.43 Å². The maximum Gasteiger partial charge on any atom is 0.265 e. The highest BCUT2D eigenvalue weighted by Gasteiger charge is 2.13. The van der Waals surface area contributed by atoms with Gasteiger partial charge in [0.05, 0.1) is 17.8 Å². The standard InChI is InChI=1S/C9H11IN2O3/c1-14-7-4-5(9(13)12-11)3-6(10)8(7)15-2/h3-4H,11H2,1-2H3,(H,12,13). The van der Waals surface area contributed by atoms with Gasteiger partial charge in [-0.1, -0.05) is 0 Å². The lowest BCUT2D eigenvalue weighted by Crippen LogP contribution is -2.30. The molecule has 0 aromatic heterocycles. The van der Waals surface area contributed by atoms with Crippen molar-refractivity contribution in [1.29, 1.82) is 0 Å². The molecule has 1 aromatic rings. The van der Waals surface area contributed by atoms with E-state index in [-0.39, 0.29) is 5.91 Å². The van der Waals surface area contributed by atoms with E-state index in [2.05, 4.69) is 28.0 Å². The molecule has 1 amide bonds. The van der Waals surface area contributed by atoms with Crippen LogP contribution in [-0.2, 0) is 0 Å². The number of halogens is 1. The van der Waals surface area contributed by atoms with Crippen LogP contribution in [0.2, 0.25) is 0 Å². The summed E-state index contributed by atoms with van der Waals surface area (Å²) in [7, 11) is 3.06. The molecule has 5 nitrogen and oxygen atoms in total. The maximum atomic E-state index is 11.3. The van der Waals surface area contributed by atoms with Crippen LogP contribution in [0.15, 0.2) is 12.1 Å². The molecule has 0 radical (unpaired) electrons. The lowest BCUT2D eigenvalue weighted by Gasteiger charge is -2.11. The molecule has 0 aliphatic carbocycles. The first-order chi connectivity index (χ1) is 7.13. The van der Waals surface area contributed by atoms with Gasteiger partial charge in [0, 0.05) is 5.56 Å². The molecule has 0 bridgehead atoms.